The highest BCUT2D eigenvalue weighted by molar-refractivity contribution is 5.64. The third-order valence-corrected chi connectivity index (χ3v) is 1.44. The minimum Gasteiger partial charge on any atom is -0.550 e. The molecule has 84 valence electrons. The number of carboxylic acids is 2. The molecule has 0 radical (unpaired) electrons. The molecule has 0 amide bonds. The van der Waals surface area contributed by atoms with Gasteiger partial charge in [-0.3, -0.25) is 0 Å². The lowest BCUT2D eigenvalue weighted by molar-refractivity contribution is -0.307. The van der Waals surface area contributed by atoms with E-state index in [1.165, 1.54) is 0 Å². The van der Waals surface area contributed by atoms with Crippen molar-refractivity contribution < 1.29 is 19.8 Å². The predicted octanol–water partition coefficient (Wildman–Crippen LogP) is -0.147. The Morgan fingerprint density at radius 3 is 1.57 bits per heavy atom. The molecule has 0 aromatic rings. The maximum absolute atomic E-state index is 9.76. The van der Waals surface area contributed by atoms with Gasteiger partial charge in [0, 0.05) is 11.9 Å². The van der Waals surface area contributed by atoms with E-state index in [1.54, 1.807) is 6.92 Å². The number of rotatable bonds is 6. The van der Waals surface area contributed by atoms with Crippen LogP contribution >= 0.6 is 0 Å². The zero-order valence-corrected chi connectivity index (χ0v) is 8.88. The number of hydrogen-bond acceptors (Lipinski definition) is 4. The van der Waals surface area contributed by atoms with Crippen LogP contribution in [0.4, 0.5) is 0 Å². The molecular weight excluding hydrogens is 184 g/mol. The number of unbranched alkanes of at least 4 members (excludes halogenated alkanes) is 2. The average molecular weight is 202 g/mol. The summed E-state index contributed by atoms with van der Waals surface area (Å²) in [6, 6.07) is 0. The van der Waals surface area contributed by atoms with Crippen LogP contribution in [0.25, 0.3) is 0 Å². The van der Waals surface area contributed by atoms with Crippen molar-refractivity contribution in [2.24, 2.45) is 0 Å². The Bertz CT molecular complexity index is 154. The summed E-state index contributed by atoms with van der Waals surface area (Å²) < 4.78 is 0. The molecular formula is C10H18O4-2. The second-order valence-electron chi connectivity index (χ2n) is 2.95. The van der Waals surface area contributed by atoms with Gasteiger partial charge < -0.3 is 19.8 Å². The number of aliphatic carboxylic acids is 2. The lowest BCUT2D eigenvalue weighted by Gasteiger charge is -1.97. The third-order valence-electron chi connectivity index (χ3n) is 1.44. The summed E-state index contributed by atoms with van der Waals surface area (Å²) in [6.07, 6.45) is 3.89. The smallest absolute Gasteiger partial charge is 0.0414 e. The number of carboxylic acid groups (broad SMARTS) is 2. The molecule has 0 bridgehead atoms. The largest absolute Gasteiger partial charge is 0.550 e. The Hall–Kier alpha value is -1.06. The highest BCUT2D eigenvalue weighted by atomic mass is 16.4. The topological polar surface area (TPSA) is 80.3 Å². The molecule has 0 rings (SSSR count). The van der Waals surface area contributed by atoms with Crippen molar-refractivity contribution >= 4 is 11.9 Å². The quantitative estimate of drug-likeness (QED) is 0.561. The molecule has 0 unspecified atom stereocenters. The summed E-state index contributed by atoms with van der Waals surface area (Å²) in [5.74, 6) is -1.89. The van der Waals surface area contributed by atoms with Crippen LogP contribution in [0.3, 0.4) is 0 Å². The average Bonchev–Trinajstić information content (AvgIpc) is 2.05. The van der Waals surface area contributed by atoms with Gasteiger partial charge in [-0.05, 0) is 19.3 Å². The number of carbonyl (C=O) groups excluding carboxylic acids is 2. The molecule has 0 fully saturated rings. The zero-order chi connectivity index (χ0) is 11.4. The Kier molecular flexibility index (Phi) is 13.1. The Labute approximate surface area is 84.9 Å². The molecule has 0 aliphatic heterocycles. The minimum absolute atomic E-state index is 0.181. The maximum Gasteiger partial charge on any atom is 0.0414 e. The van der Waals surface area contributed by atoms with Gasteiger partial charge in [-0.15, -0.1) is 0 Å². The molecule has 0 aliphatic rings. The normalized spacial score (nSPS) is 8.71. The maximum atomic E-state index is 9.76. The van der Waals surface area contributed by atoms with Gasteiger partial charge in [-0.2, -0.15) is 0 Å². The Balaban J connectivity index is 0. The monoisotopic (exact) mass is 202 g/mol. The first-order chi connectivity index (χ1) is 6.54. The molecule has 0 saturated carbocycles. The van der Waals surface area contributed by atoms with Gasteiger partial charge in [-0.25, -0.2) is 0 Å². The van der Waals surface area contributed by atoms with Crippen LogP contribution in [0.5, 0.6) is 0 Å². The molecule has 0 saturated heterocycles. The summed E-state index contributed by atoms with van der Waals surface area (Å²) in [5, 5.41) is 19.3. The van der Waals surface area contributed by atoms with Crippen LogP contribution in [0.1, 0.15) is 52.4 Å². The molecule has 0 atom stereocenters. The van der Waals surface area contributed by atoms with E-state index in [4.69, 9.17) is 0 Å². The van der Waals surface area contributed by atoms with Crippen LogP contribution in [-0.4, -0.2) is 11.9 Å². The van der Waals surface area contributed by atoms with E-state index in [2.05, 4.69) is 0 Å². The standard InChI is InChI=1S/C6H12O2.C4H8O2/c1-2-3-4-5-6(7)8;1-2-3-4(5)6/h2-5H2,1H3,(H,7,8);2-3H2,1H3,(H,5,6)/p-2. The van der Waals surface area contributed by atoms with Crippen molar-refractivity contribution in [3.63, 3.8) is 0 Å². The van der Waals surface area contributed by atoms with E-state index < -0.39 is 11.9 Å². The van der Waals surface area contributed by atoms with Crippen molar-refractivity contribution in [3.05, 3.63) is 0 Å². The first kappa shape index (κ1) is 15.4. The van der Waals surface area contributed by atoms with Gasteiger partial charge in [-0.1, -0.05) is 33.1 Å². The second kappa shape index (κ2) is 11.9. The van der Waals surface area contributed by atoms with Gasteiger partial charge in [0.2, 0.25) is 0 Å². The van der Waals surface area contributed by atoms with E-state index in [1.807, 2.05) is 6.92 Å². The molecule has 0 spiro atoms. The van der Waals surface area contributed by atoms with Crippen LogP contribution in [0, 0.1) is 0 Å². The van der Waals surface area contributed by atoms with Crippen molar-refractivity contribution in [2.45, 2.75) is 52.4 Å². The predicted molar refractivity (Wildman–Crippen MR) is 49.1 cm³/mol. The van der Waals surface area contributed by atoms with E-state index in [0.29, 0.717) is 6.42 Å². The fourth-order valence-corrected chi connectivity index (χ4v) is 0.723. The summed E-state index contributed by atoms with van der Waals surface area (Å²) >= 11 is 0. The van der Waals surface area contributed by atoms with E-state index in [9.17, 15) is 19.8 Å². The molecule has 0 aromatic carbocycles. The SMILES string of the molecule is CCCC(=O)[O-].CCCCCC(=O)[O-]. The van der Waals surface area contributed by atoms with Gasteiger partial charge in [0.1, 0.15) is 0 Å². The second-order valence-corrected chi connectivity index (χ2v) is 2.95. The molecule has 4 heteroatoms. The highest BCUT2D eigenvalue weighted by Crippen LogP contribution is 1.96. The van der Waals surface area contributed by atoms with Crippen molar-refractivity contribution in [2.75, 3.05) is 0 Å². The van der Waals surface area contributed by atoms with Crippen LogP contribution < -0.4 is 10.2 Å². The molecule has 0 heterocycles. The molecule has 0 aliphatic carbocycles. The zero-order valence-electron chi connectivity index (χ0n) is 8.88. The summed E-state index contributed by atoms with van der Waals surface area (Å²) in [5.41, 5.74) is 0. The molecule has 14 heavy (non-hydrogen) atoms. The molecule has 0 aromatic heterocycles. The lowest BCUT2D eigenvalue weighted by atomic mass is 10.2. The molecule has 0 N–H and O–H groups in total. The van der Waals surface area contributed by atoms with E-state index in [0.717, 1.165) is 19.3 Å². The van der Waals surface area contributed by atoms with Crippen molar-refractivity contribution in [1.82, 2.24) is 0 Å². The van der Waals surface area contributed by atoms with Gasteiger partial charge in [0.05, 0.1) is 0 Å². The van der Waals surface area contributed by atoms with Gasteiger partial charge in [0.15, 0.2) is 0 Å². The summed E-state index contributed by atoms with van der Waals surface area (Å²) in [7, 11) is 0. The number of hydrogen-bond donors (Lipinski definition) is 0. The van der Waals surface area contributed by atoms with Crippen molar-refractivity contribution in [1.29, 1.82) is 0 Å². The van der Waals surface area contributed by atoms with Gasteiger partial charge in [0.25, 0.3) is 0 Å². The lowest BCUT2D eigenvalue weighted by Crippen LogP contribution is -2.21. The van der Waals surface area contributed by atoms with E-state index in [-0.39, 0.29) is 12.8 Å². The van der Waals surface area contributed by atoms with Crippen molar-refractivity contribution in [3.8, 4) is 0 Å². The number of carbonyl (C=O) groups is 2. The van der Waals surface area contributed by atoms with Crippen LogP contribution in [0.2, 0.25) is 0 Å². The Morgan fingerprint density at radius 2 is 1.36 bits per heavy atom. The first-order valence-electron chi connectivity index (χ1n) is 4.94. The van der Waals surface area contributed by atoms with Gasteiger partial charge >= 0.3 is 0 Å². The fraction of sp³-hybridized carbons (Fsp3) is 0.800. The summed E-state index contributed by atoms with van der Waals surface area (Å²) in [4.78, 5) is 19.3. The van der Waals surface area contributed by atoms with E-state index >= 15 is 0 Å². The van der Waals surface area contributed by atoms with Crippen LogP contribution in [0.15, 0.2) is 0 Å². The highest BCUT2D eigenvalue weighted by Gasteiger charge is 1.84. The fourth-order valence-electron chi connectivity index (χ4n) is 0.723. The third kappa shape index (κ3) is 22.4. The van der Waals surface area contributed by atoms with Crippen LogP contribution in [-0.2, 0) is 9.59 Å². The first-order valence-corrected chi connectivity index (χ1v) is 4.94. The Morgan fingerprint density at radius 1 is 0.857 bits per heavy atom. The summed E-state index contributed by atoms with van der Waals surface area (Å²) in [6.45, 7) is 3.84. The minimum atomic E-state index is -0.961. The molecule has 4 nitrogen and oxygen atoms in total.